The summed E-state index contributed by atoms with van der Waals surface area (Å²) < 4.78 is 5.51. The van der Waals surface area contributed by atoms with Crippen molar-refractivity contribution in [2.45, 2.75) is 38.0 Å². The van der Waals surface area contributed by atoms with Crippen LogP contribution in [0.15, 0.2) is 18.2 Å². The molecule has 4 nitrogen and oxygen atoms in total. The fourth-order valence-corrected chi connectivity index (χ4v) is 3.44. The summed E-state index contributed by atoms with van der Waals surface area (Å²) in [5, 5.41) is 3.45. The summed E-state index contributed by atoms with van der Waals surface area (Å²) in [6, 6.07) is 5.55. The maximum Gasteiger partial charge on any atom is 0.225 e. The van der Waals surface area contributed by atoms with Gasteiger partial charge in [0.05, 0.1) is 6.10 Å². The molecule has 1 aliphatic rings. The number of thioether (sulfide) groups is 1. The van der Waals surface area contributed by atoms with Crippen LogP contribution in [0.1, 0.15) is 25.3 Å². The Hall–Kier alpha value is -1.20. The lowest BCUT2D eigenvalue weighted by Crippen LogP contribution is -2.17. The molecule has 110 valence electrons. The van der Waals surface area contributed by atoms with E-state index in [1.54, 1.807) is 6.07 Å². The van der Waals surface area contributed by atoms with E-state index in [-0.39, 0.29) is 5.91 Å². The zero-order valence-corrected chi connectivity index (χ0v) is 12.8. The first kappa shape index (κ1) is 15.2. The molecule has 0 bridgehead atoms. The van der Waals surface area contributed by atoms with Gasteiger partial charge in [0.15, 0.2) is 0 Å². The largest absolute Gasteiger partial charge is 0.399 e. The quantitative estimate of drug-likeness (QED) is 0.820. The first-order chi connectivity index (χ1) is 9.56. The van der Waals surface area contributed by atoms with Crippen LogP contribution < -0.4 is 11.1 Å². The Bertz CT molecular complexity index is 479. The zero-order valence-electron chi connectivity index (χ0n) is 12.0. The second-order valence-corrected chi connectivity index (χ2v) is 6.49. The van der Waals surface area contributed by atoms with Crippen molar-refractivity contribution in [3.8, 4) is 0 Å². The van der Waals surface area contributed by atoms with E-state index in [1.165, 1.54) is 0 Å². The van der Waals surface area contributed by atoms with E-state index in [0.717, 1.165) is 30.0 Å². The number of nitrogens with two attached hydrogens (primary N) is 1. The Morgan fingerprint density at radius 1 is 1.55 bits per heavy atom. The normalized spacial score (nSPS) is 21.9. The van der Waals surface area contributed by atoms with Gasteiger partial charge in [-0.05, 0) is 38.0 Å². The van der Waals surface area contributed by atoms with E-state index < -0.39 is 0 Å². The van der Waals surface area contributed by atoms with Crippen LogP contribution in [0.5, 0.6) is 0 Å². The minimum absolute atomic E-state index is 0.0396. The highest BCUT2D eigenvalue weighted by Gasteiger charge is 2.24. The van der Waals surface area contributed by atoms with E-state index in [9.17, 15) is 4.79 Å². The van der Waals surface area contributed by atoms with Gasteiger partial charge >= 0.3 is 0 Å². The Kier molecular flexibility index (Phi) is 5.31. The molecular formula is C15H22N2O2S. The summed E-state index contributed by atoms with van der Waals surface area (Å²) in [6.45, 7) is 4.90. The third-order valence-electron chi connectivity index (χ3n) is 3.50. The molecule has 2 unspecified atom stereocenters. The molecule has 2 rings (SSSR count). The van der Waals surface area contributed by atoms with Crippen molar-refractivity contribution in [1.29, 1.82) is 0 Å². The van der Waals surface area contributed by atoms with Crippen LogP contribution in [0.25, 0.3) is 0 Å². The standard InChI is InChI=1S/C15H22N2O2S/c1-10-3-4-12(16)9-13(10)17-15(18)6-8-20-14-5-7-19-11(14)2/h3-4,9,11,14H,5-8,16H2,1-2H3,(H,17,18). The first-order valence-corrected chi connectivity index (χ1v) is 8.00. The number of ether oxygens (including phenoxy) is 1. The summed E-state index contributed by atoms with van der Waals surface area (Å²) in [6.07, 6.45) is 1.91. The highest BCUT2D eigenvalue weighted by molar-refractivity contribution is 7.99. The summed E-state index contributed by atoms with van der Waals surface area (Å²) in [5.74, 6) is 0.865. The number of hydrogen-bond acceptors (Lipinski definition) is 4. The smallest absolute Gasteiger partial charge is 0.225 e. The van der Waals surface area contributed by atoms with Gasteiger partial charge in [0.25, 0.3) is 0 Å². The lowest BCUT2D eigenvalue weighted by molar-refractivity contribution is -0.115. The molecule has 20 heavy (non-hydrogen) atoms. The molecule has 1 heterocycles. The third kappa shape index (κ3) is 4.15. The van der Waals surface area contributed by atoms with Crippen molar-refractivity contribution < 1.29 is 9.53 Å². The molecule has 1 amide bonds. The Balaban J connectivity index is 1.76. The van der Waals surface area contributed by atoms with Gasteiger partial charge in [-0.1, -0.05) is 6.07 Å². The third-order valence-corrected chi connectivity index (χ3v) is 4.99. The van der Waals surface area contributed by atoms with Crippen LogP contribution in [0.3, 0.4) is 0 Å². The topological polar surface area (TPSA) is 64.3 Å². The number of hydrogen-bond donors (Lipinski definition) is 2. The molecule has 0 aliphatic carbocycles. The molecule has 2 atom stereocenters. The van der Waals surface area contributed by atoms with Crippen LogP contribution in [0, 0.1) is 6.92 Å². The molecule has 0 aromatic heterocycles. The number of amides is 1. The van der Waals surface area contributed by atoms with Gasteiger partial charge in [-0.25, -0.2) is 0 Å². The van der Waals surface area contributed by atoms with Crippen LogP contribution >= 0.6 is 11.8 Å². The van der Waals surface area contributed by atoms with Gasteiger partial charge in [-0.15, -0.1) is 0 Å². The fourth-order valence-electron chi connectivity index (χ4n) is 2.22. The Morgan fingerprint density at radius 2 is 2.35 bits per heavy atom. The first-order valence-electron chi connectivity index (χ1n) is 6.95. The van der Waals surface area contributed by atoms with Crippen molar-refractivity contribution in [2.75, 3.05) is 23.4 Å². The molecule has 0 radical (unpaired) electrons. The molecule has 1 saturated heterocycles. The van der Waals surface area contributed by atoms with Gasteiger partial charge in [0, 0.05) is 35.4 Å². The number of nitrogens with one attached hydrogen (secondary N) is 1. The van der Waals surface area contributed by atoms with Crippen molar-refractivity contribution >= 4 is 29.0 Å². The fraction of sp³-hybridized carbons (Fsp3) is 0.533. The molecule has 1 aliphatic heterocycles. The van der Waals surface area contributed by atoms with Crippen LogP contribution in [0.4, 0.5) is 11.4 Å². The lowest BCUT2D eigenvalue weighted by atomic mass is 10.2. The number of carbonyl (C=O) groups excluding carboxylic acids is 1. The number of benzene rings is 1. The van der Waals surface area contributed by atoms with E-state index in [1.807, 2.05) is 30.8 Å². The second kappa shape index (κ2) is 6.99. The number of rotatable bonds is 5. The number of nitrogen functional groups attached to an aromatic ring is 1. The number of carbonyl (C=O) groups is 1. The molecule has 5 heteroatoms. The Labute approximate surface area is 124 Å². The van der Waals surface area contributed by atoms with Crippen molar-refractivity contribution in [2.24, 2.45) is 0 Å². The maximum absolute atomic E-state index is 11.9. The van der Waals surface area contributed by atoms with Crippen molar-refractivity contribution in [3.05, 3.63) is 23.8 Å². The molecule has 0 saturated carbocycles. The van der Waals surface area contributed by atoms with E-state index in [4.69, 9.17) is 10.5 Å². The Morgan fingerprint density at radius 3 is 3.05 bits per heavy atom. The SMILES string of the molecule is Cc1ccc(N)cc1NC(=O)CCSC1CCOC1C. The van der Waals surface area contributed by atoms with E-state index >= 15 is 0 Å². The molecule has 1 fully saturated rings. The maximum atomic E-state index is 11.9. The van der Waals surface area contributed by atoms with Gasteiger partial charge in [-0.3, -0.25) is 4.79 Å². The zero-order chi connectivity index (χ0) is 14.5. The summed E-state index contributed by atoms with van der Waals surface area (Å²) in [4.78, 5) is 11.9. The molecule has 1 aromatic carbocycles. The molecular weight excluding hydrogens is 272 g/mol. The van der Waals surface area contributed by atoms with E-state index in [0.29, 0.717) is 23.5 Å². The minimum Gasteiger partial charge on any atom is -0.399 e. The number of anilines is 2. The van der Waals surface area contributed by atoms with Gasteiger partial charge in [-0.2, -0.15) is 11.8 Å². The van der Waals surface area contributed by atoms with Gasteiger partial charge < -0.3 is 15.8 Å². The average Bonchev–Trinajstić information content (AvgIpc) is 2.80. The molecule has 3 N–H and O–H groups in total. The average molecular weight is 294 g/mol. The number of aryl methyl sites for hydroxylation is 1. The van der Waals surface area contributed by atoms with Crippen LogP contribution in [-0.4, -0.2) is 29.6 Å². The van der Waals surface area contributed by atoms with E-state index in [2.05, 4.69) is 12.2 Å². The summed E-state index contributed by atoms with van der Waals surface area (Å²) >= 11 is 1.83. The highest BCUT2D eigenvalue weighted by atomic mass is 32.2. The minimum atomic E-state index is 0.0396. The monoisotopic (exact) mass is 294 g/mol. The molecule has 0 spiro atoms. The van der Waals surface area contributed by atoms with Gasteiger partial charge in [0.1, 0.15) is 0 Å². The molecule has 1 aromatic rings. The summed E-state index contributed by atoms with van der Waals surface area (Å²) in [5.41, 5.74) is 8.23. The van der Waals surface area contributed by atoms with Gasteiger partial charge in [0.2, 0.25) is 5.91 Å². The predicted molar refractivity (Wildman–Crippen MR) is 85.1 cm³/mol. The predicted octanol–water partition coefficient (Wildman–Crippen LogP) is 2.82. The second-order valence-electron chi connectivity index (χ2n) is 5.15. The highest BCUT2D eigenvalue weighted by Crippen LogP contribution is 2.26. The van der Waals surface area contributed by atoms with Crippen LogP contribution in [0.2, 0.25) is 0 Å². The van der Waals surface area contributed by atoms with Crippen LogP contribution in [-0.2, 0) is 9.53 Å². The van der Waals surface area contributed by atoms with Crippen molar-refractivity contribution in [1.82, 2.24) is 0 Å². The summed E-state index contributed by atoms with van der Waals surface area (Å²) in [7, 11) is 0. The van der Waals surface area contributed by atoms with Crippen molar-refractivity contribution in [3.63, 3.8) is 0 Å². The lowest BCUT2D eigenvalue weighted by Gasteiger charge is -2.13.